The molecule has 1 aromatic carbocycles. The van der Waals surface area contributed by atoms with Gasteiger partial charge >= 0.3 is 0 Å². The van der Waals surface area contributed by atoms with Crippen molar-refractivity contribution in [2.24, 2.45) is 5.92 Å². The summed E-state index contributed by atoms with van der Waals surface area (Å²) < 4.78 is 0. The molecule has 0 aliphatic carbocycles. The Hall–Kier alpha value is -2.43. The van der Waals surface area contributed by atoms with E-state index < -0.39 is 0 Å². The van der Waals surface area contributed by atoms with Crippen molar-refractivity contribution in [1.29, 1.82) is 0 Å². The Labute approximate surface area is 118 Å². The van der Waals surface area contributed by atoms with E-state index in [9.17, 15) is 4.79 Å². The van der Waals surface area contributed by atoms with E-state index in [2.05, 4.69) is 20.6 Å². The summed E-state index contributed by atoms with van der Waals surface area (Å²) in [6.45, 7) is 4.38. The van der Waals surface area contributed by atoms with Gasteiger partial charge in [0.25, 0.3) is 0 Å². The molecule has 20 heavy (non-hydrogen) atoms. The highest BCUT2D eigenvalue weighted by molar-refractivity contribution is 5.92. The molecule has 1 aromatic heterocycles. The van der Waals surface area contributed by atoms with Crippen molar-refractivity contribution < 1.29 is 4.79 Å². The molecule has 2 rings (SSSR count). The fourth-order valence-electron chi connectivity index (χ4n) is 1.57. The minimum Gasteiger partial charge on any atom is -0.379 e. The van der Waals surface area contributed by atoms with Crippen LogP contribution < -0.4 is 10.6 Å². The second kappa shape index (κ2) is 6.65. The molecule has 104 valence electrons. The third kappa shape index (κ3) is 4.05. The maximum atomic E-state index is 11.6. The topological polar surface area (TPSA) is 66.9 Å². The Bertz CT molecular complexity index is 552. The maximum Gasteiger partial charge on any atom is 0.226 e. The number of hydrogen-bond donors (Lipinski definition) is 2. The van der Waals surface area contributed by atoms with Gasteiger partial charge in [-0.1, -0.05) is 13.8 Å². The third-order valence-electron chi connectivity index (χ3n) is 2.79. The van der Waals surface area contributed by atoms with Crippen LogP contribution in [0, 0.1) is 5.92 Å². The van der Waals surface area contributed by atoms with E-state index in [1.165, 1.54) is 6.33 Å². The second-order valence-corrected chi connectivity index (χ2v) is 4.78. The van der Waals surface area contributed by atoms with E-state index in [1.807, 2.05) is 44.2 Å². The van der Waals surface area contributed by atoms with E-state index in [-0.39, 0.29) is 11.8 Å². The van der Waals surface area contributed by atoms with Crippen LogP contribution in [0.15, 0.2) is 42.9 Å². The van der Waals surface area contributed by atoms with E-state index in [1.54, 1.807) is 6.20 Å². The van der Waals surface area contributed by atoms with Crippen LogP contribution in [0.2, 0.25) is 0 Å². The lowest BCUT2D eigenvalue weighted by atomic mass is 10.2. The fraction of sp³-hybridized carbons (Fsp3) is 0.267. The van der Waals surface area contributed by atoms with Gasteiger partial charge in [0.2, 0.25) is 5.91 Å². The van der Waals surface area contributed by atoms with Gasteiger partial charge in [0, 0.05) is 23.5 Å². The molecule has 0 atom stereocenters. The zero-order valence-electron chi connectivity index (χ0n) is 11.6. The lowest BCUT2D eigenvalue weighted by molar-refractivity contribution is -0.118. The number of benzene rings is 1. The lowest BCUT2D eigenvalue weighted by Gasteiger charge is -2.09. The Morgan fingerprint density at radius 3 is 2.45 bits per heavy atom. The van der Waals surface area contributed by atoms with Gasteiger partial charge < -0.3 is 10.6 Å². The van der Waals surface area contributed by atoms with Crippen molar-refractivity contribution in [3.8, 4) is 0 Å². The van der Waals surface area contributed by atoms with E-state index in [4.69, 9.17) is 0 Å². The highest BCUT2D eigenvalue weighted by atomic mass is 16.1. The van der Waals surface area contributed by atoms with Gasteiger partial charge in [-0.3, -0.25) is 4.79 Å². The average Bonchev–Trinajstić information content (AvgIpc) is 2.47. The summed E-state index contributed by atoms with van der Waals surface area (Å²) in [5.74, 6) is -0.00254. The predicted molar refractivity (Wildman–Crippen MR) is 79.3 cm³/mol. The Morgan fingerprint density at radius 1 is 1.15 bits per heavy atom. The average molecular weight is 270 g/mol. The molecule has 5 nitrogen and oxygen atoms in total. The first-order chi connectivity index (χ1) is 9.65. The van der Waals surface area contributed by atoms with Crippen LogP contribution >= 0.6 is 0 Å². The van der Waals surface area contributed by atoms with Crippen molar-refractivity contribution >= 4 is 17.3 Å². The molecule has 1 amide bonds. The minimum absolute atomic E-state index is 0.0201. The molecule has 0 bridgehead atoms. The number of carbonyl (C=O) groups excluding carboxylic acids is 1. The first-order valence-corrected chi connectivity index (χ1v) is 6.55. The van der Waals surface area contributed by atoms with Gasteiger partial charge in [-0.15, -0.1) is 0 Å². The van der Waals surface area contributed by atoms with Crippen LogP contribution in [0.3, 0.4) is 0 Å². The van der Waals surface area contributed by atoms with Gasteiger partial charge in [-0.25, -0.2) is 9.97 Å². The largest absolute Gasteiger partial charge is 0.379 e. The van der Waals surface area contributed by atoms with Crippen LogP contribution in [0.4, 0.5) is 11.4 Å². The number of amides is 1. The van der Waals surface area contributed by atoms with E-state index in [0.29, 0.717) is 6.54 Å². The smallest absolute Gasteiger partial charge is 0.226 e. The SMILES string of the molecule is CC(C)C(=O)Nc1ccc(NCc2ccncn2)cc1. The number of anilines is 2. The predicted octanol–water partition coefficient (Wildman–Crippen LogP) is 2.68. The van der Waals surface area contributed by atoms with Crippen LogP contribution in [0.25, 0.3) is 0 Å². The molecule has 2 N–H and O–H groups in total. The maximum absolute atomic E-state index is 11.6. The highest BCUT2D eigenvalue weighted by Gasteiger charge is 2.06. The molecule has 0 aliphatic heterocycles. The molecule has 2 aromatic rings. The number of carbonyl (C=O) groups is 1. The summed E-state index contributed by atoms with van der Waals surface area (Å²) in [5, 5.41) is 6.12. The number of hydrogen-bond acceptors (Lipinski definition) is 4. The summed E-state index contributed by atoms with van der Waals surface area (Å²) in [6, 6.07) is 9.48. The molecule has 0 saturated heterocycles. The van der Waals surface area contributed by atoms with Gasteiger partial charge in [0.1, 0.15) is 6.33 Å². The number of nitrogens with one attached hydrogen (secondary N) is 2. The Balaban J connectivity index is 1.90. The highest BCUT2D eigenvalue weighted by Crippen LogP contribution is 2.15. The van der Waals surface area contributed by atoms with Gasteiger partial charge in [-0.2, -0.15) is 0 Å². The van der Waals surface area contributed by atoms with Crippen molar-refractivity contribution in [1.82, 2.24) is 9.97 Å². The summed E-state index contributed by atoms with van der Waals surface area (Å²) in [5.41, 5.74) is 2.71. The lowest BCUT2D eigenvalue weighted by Crippen LogP contribution is -2.17. The quantitative estimate of drug-likeness (QED) is 0.876. The zero-order valence-corrected chi connectivity index (χ0v) is 11.6. The number of rotatable bonds is 5. The molecule has 1 heterocycles. The molecule has 0 radical (unpaired) electrons. The summed E-state index contributed by atoms with van der Waals surface area (Å²) >= 11 is 0. The molecule has 5 heteroatoms. The number of aromatic nitrogens is 2. The molecular weight excluding hydrogens is 252 g/mol. The van der Waals surface area contributed by atoms with Gasteiger partial charge in [0.15, 0.2) is 0 Å². The summed E-state index contributed by atoms with van der Waals surface area (Å²) in [4.78, 5) is 19.6. The zero-order chi connectivity index (χ0) is 14.4. The summed E-state index contributed by atoms with van der Waals surface area (Å²) in [6.07, 6.45) is 3.25. The fourth-order valence-corrected chi connectivity index (χ4v) is 1.57. The first kappa shape index (κ1) is 14.0. The molecule has 0 fully saturated rings. The summed E-state index contributed by atoms with van der Waals surface area (Å²) in [7, 11) is 0. The van der Waals surface area contributed by atoms with Crippen LogP contribution in [0.1, 0.15) is 19.5 Å². The second-order valence-electron chi connectivity index (χ2n) is 4.78. The van der Waals surface area contributed by atoms with Crippen molar-refractivity contribution in [3.05, 3.63) is 48.5 Å². The van der Waals surface area contributed by atoms with Gasteiger partial charge in [0.05, 0.1) is 12.2 Å². The van der Waals surface area contributed by atoms with Crippen LogP contribution in [-0.2, 0) is 11.3 Å². The third-order valence-corrected chi connectivity index (χ3v) is 2.79. The number of nitrogens with zero attached hydrogens (tertiary/aromatic N) is 2. The first-order valence-electron chi connectivity index (χ1n) is 6.55. The standard InChI is InChI=1S/C15H18N4O/c1-11(2)15(20)19-13-5-3-12(4-6-13)17-9-14-7-8-16-10-18-14/h3-8,10-11,17H,9H2,1-2H3,(H,19,20). The van der Waals surface area contributed by atoms with Crippen molar-refractivity contribution in [2.45, 2.75) is 20.4 Å². The molecule has 0 aliphatic rings. The van der Waals surface area contributed by atoms with Crippen molar-refractivity contribution in [2.75, 3.05) is 10.6 Å². The molecule has 0 unspecified atom stereocenters. The Morgan fingerprint density at radius 2 is 1.85 bits per heavy atom. The van der Waals surface area contributed by atoms with E-state index in [0.717, 1.165) is 17.1 Å². The monoisotopic (exact) mass is 270 g/mol. The Kier molecular flexibility index (Phi) is 4.65. The normalized spacial score (nSPS) is 10.3. The van der Waals surface area contributed by atoms with Gasteiger partial charge in [-0.05, 0) is 30.3 Å². The molecule has 0 spiro atoms. The minimum atomic E-state index is -0.0226. The molecular formula is C15H18N4O. The van der Waals surface area contributed by atoms with E-state index >= 15 is 0 Å². The van der Waals surface area contributed by atoms with Crippen molar-refractivity contribution in [3.63, 3.8) is 0 Å². The van der Waals surface area contributed by atoms with Crippen LogP contribution in [0.5, 0.6) is 0 Å². The van der Waals surface area contributed by atoms with Crippen LogP contribution in [-0.4, -0.2) is 15.9 Å². The molecule has 0 saturated carbocycles.